The third-order valence-electron chi connectivity index (χ3n) is 2.85. The smallest absolute Gasteiger partial charge is 0.323 e. The maximum atomic E-state index is 11.9. The molecule has 6 nitrogen and oxygen atoms in total. The molecule has 116 valence electrons. The number of rotatable bonds is 5. The molecular weight excluding hydrogens is 329 g/mol. The van der Waals surface area contributed by atoms with E-state index >= 15 is 0 Å². The molecule has 0 spiro atoms. The standard InChI is InChI=1S/C14H13Cl2N3O3/c15-11-4-8(5-12(16)19-11)7-22-14(21)10(17)6-9-2-1-3-18-13(9)20/h1-5,10H,6-7,17H2,(H,18,20)/t10-/m0/s1. The van der Waals surface area contributed by atoms with Crippen molar-refractivity contribution < 1.29 is 9.53 Å². The van der Waals surface area contributed by atoms with E-state index in [1.807, 2.05) is 0 Å². The highest BCUT2D eigenvalue weighted by Crippen LogP contribution is 2.15. The highest BCUT2D eigenvalue weighted by Gasteiger charge is 2.17. The summed E-state index contributed by atoms with van der Waals surface area (Å²) in [5.74, 6) is -0.618. The molecule has 0 aliphatic carbocycles. The topological polar surface area (TPSA) is 98.1 Å². The van der Waals surface area contributed by atoms with E-state index in [1.54, 1.807) is 12.1 Å². The number of carbonyl (C=O) groups excluding carboxylic acids is 1. The van der Waals surface area contributed by atoms with Gasteiger partial charge in [0.1, 0.15) is 23.0 Å². The second-order valence-corrected chi connectivity index (χ2v) is 5.34. The minimum Gasteiger partial charge on any atom is -0.460 e. The zero-order chi connectivity index (χ0) is 16.1. The van der Waals surface area contributed by atoms with Crippen LogP contribution in [0.2, 0.25) is 10.3 Å². The molecule has 3 N–H and O–H groups in total. The summed E-state index contributed by atoms with van der Waals surface area (Å²) >= 11 is 11.5. The van der Waals surface area contributed by atoms with E-state index in [9.17, 15) is 9.59 Å². The van der Waals surface area contributed by atoms with Crippen molar-refractivity contribution in [3.8, 4) is 0 Å². The molecule has 0 aromatic carbocycles. The lowest BCUT2D eigenvalue weighted by atomic mass is 10.1. The van der Waals surface area contributed by atoms with Gasteiger partial charge in [-0.2, -0.15) is 0 Å². The van der Waals surface area contributed by atoms with E-state index in [0.717, 1.165) is 0 Å². The van der Waals surface area contributed by atoms with Crippen molar-refractivity contribution >= 4 is 29.2 Å². The first-order chi connectivity index (χ1) is 10.5. The van der Waals surface area contributed by atoms with Gasteiger partial charge < -0.3 is 15.5 Å². The first-order valence-electron chi connectivity index (χ1n) is 6.36. The van der Waals surface area contributed by atoms with Crippen molar-refractivity contribution in [2.75, 3.05) is 0 Å². The Kier molecular flexibility index (Phi) is 5.54. The normalized spacial score (nSPS) is 12.0. The van der Waals surface area contributed by atoms with Crippen LogP contribution in [0.1, 0.15) is 11.1 Å². The average Bonchev–Trinajstić information content (AvgIpc) is 2.46. The van der Waals surface area contributed by atoms with Gasteiger partial charge in [0, 0.05) is 18.2 Å². The van der Waals surface area contributed by atoms with Crippen molar-refractivity contribution in [1.29, 1.82) is 0 Å². The number of H-pyrrole nitrogens is 1. The number of carbonyl (C=O) groups is 1. The third-order valence-corrected chi connectivity index (χ3v) is 3.23. The monoisotopic (exact) mass is 341 g/mol. The third kappa shape index (κ3) is 4.56. The molecule has 0 saturated heterocycles. The van der Waals surface area contributed by atoms with Crippen LogP contribution in [0.4, 0.5) is 0 Å². The molecule has 0 aliphatic heterocycles. The Morgan fingerprint density at radius 1 is 1.36 bits per heavy atom. The molecule has 1 atom stereocenters. The Bertz CT molecular complexity index is 713. The lowest BCUT2D eigenvalue weighted by molar-refractivity contribution is -0.146. The first-order valence-corrected chi connectivity index (χ1v) is 7.12. The molecule has 0 radical (unpaired) electrons. The number of nitrogens with two attached hydrogens (primary N) is 1. The van der Waals surface area contributed by atoms with Crippen molar-refractivity contribution in [3.05, 3.63) is 62.2 Å². The quantitative estimate of drug-likeness (QED) is 0.636. The fourth-order valence-corrected chi connectivity index (χ4v) is 2.30. The lowest BCUT2D eigenvalue weighted by Gasteiger charge is -2.11. The zero-order valence-electron chi connectivity index (χ0n) is 11.4. The van der Waals surface area contributed by atoms with Crippen LogP contribution < -0.4 is 11.3 Å². The van der Waals surface area contributed by atoms with Gasteiger partial charge in [-0.25, -0.2) is 4.98 Å². The lowest BCUT2D eigenvalue weighted by Crippen LogP contribution is -2.36. The van der Waals surface area contributed by atoms with E-state index in [-0.39, 0.29) is 28.9 Å². The van der Waals surface area contributed by atoms with Crippen molar-refractivity contribution in [1.82, 2.24) is 9.97 Å². The Hall–Kier alpha value is -1.89. The molecule has 0 amide bonds. The van der Waals surface area contributed by atoms with Crippen LogP contribution in [-0.2, 0) is 22.6 Å². The summed E-state index contributed by atoms with van der Waals surface area (Å²) in [6.07, 6.45) is 1.60. The van der Waals surface area contributed by atoms with Crippen LogP contribution in [0, 0.1) is 0 Å². The Labute approximate surface area is 136 Å². The molecule has 0 fully saturated rings. The molecular formula is C14H13Cl2N3O3. The van der Waals surface area contributed by atoms with Gasteiger partial charge in [0.05, 0.1) is 0 Å². The van der Waals surface area contributed by atoms with Gasteiger partial charge in [-0.3, -0.25) is 9.59 Å². The summed E-state index contributed by atoms with van der Waals surface area (Å²) in [6, 6.07) is 5.41. The van der Waals surface area contributed by atoms with Crippen LogP contribution in [0.25, 0.3) is 0 Å². The number of halogens is 2. The molecule has 0 aliphatic rings. The van der Waals surface area contributed by atoms with Crippen LogP contribution in [0.5, 0.6) is 0 Å². The number of ether oxygens (including phenoxy) is 1. The van der Waals surface area contributed by atoms with E-state index in [1.165, 1.54) is 18.3 Å². The summed E-state index contributed by atoms with van der Waals surface area (Å²) < 4.78 is 5.09. The Morgan fingerprint density at radius 3 is 2.68 bits per heavy atom. The number of aromatic amines is 1. The van der Waals surface area contributed by atoms with Crippen molar-refractivity contribution in [3.63, 3.8) is 0 Å². The predicted octanol–water partition coefficient (Wildman–Crippen LogP) is 1.69. The molecule has 2 rings (SSSR count). The Morgan fingerprint density at radius 2 is 2.05 bits per heavy atom. The molecule has 2 heterocycles. The van der Waals surface area contributed by atoms with Crippen LogP contribution >= 0.6 is 23.2 Å². The van der Waals surface area contributed by atoms with E-state index in [4.69, 9.17) is 33.7 Å². The van der Waals surface area contributed by atoms with Crippen LogP contribution in [-0.4, -0.2) is 22.0 Å². The van der Waals surface area contributed by atoms with Gasteiger partial charge in [0.15, 0.2) is 0 Å². The molecule has 8 heteroatoms. The SMILES string of the molecule is N[C@@H](Cc1ccc[nH]c1=O)C(=O)OCc1cc(Cl)nc(Cl)c1. The van der Waals surface area contributed by atoms with Gasteiger partial charge in [-0.05, 0) is 23.8 Å². The summed E-state index contributed by atoms with van der Waals surface area (Å²) in [4.78, 5) is 29.7. The molecule has 0 unspecified atom stereocenters. The second kappa shape index (κ2) is 7.40. The summed E-state index contributed by atoms with van der Waals surface area (Å²) in [5.41, 5.74) is 6.49. The minimum absolute atomic E-state index is 0.0281. The van der Waals surface area contributed by atoms with Gasteiger partial charge in [0.25, 0.3) is 5.56 Å². The number of hydrogen-bond donors (Lipinski definition) is 2. The second-order valence-electron chi connectivity index (χ2n) is 4.56. The Balaban J connectivity index is 1.94. The molecule has 22 heavy (non-hydrogen) atoms. The highest BCUT2D eigenvalue weighted by molar-refractivity contribution is 6.32. The van der Waals surface area contributed by atoms with Crippen molar-refractivity contribution in [2.45, 2.75) is 19.1 Å². The fourth-order valence-electron chi connectivity index (χ4n) is 1.80. The van der Waals surface area contributed by atoms with Crippen LogP contribution in [0.3, 0.4) is 0 Å². The summed E-state index contributed by atoms with van der Waals surface area (Å²) in [7, 11) is 0. The van der Waals surface area contributed by atoms with Gasteiger partial charge in [-0.1, -0.05) is 29.3 Å². The molecule has 2 aromatic heterocycles. The molecule has 2 aromatic rings. The fraction of sp³-hybridized carbons (Fsp3) is 0.214. The highest BCUT2D eigenvalue weighted by atomic mass is 35.5. The minimum atomic E-state index is -0.934. The van der Waals surface area contributed by atoms with E-state index in [0.29, 0.717) is 11.1 Å². The number of pyridine rings is 2. The first kappa shape index (κ1) is 16.5. The predicted molar refractivity (Wildman–Crippen MR) is 82.8 cm³/mol. The number of nitrogens with one attached hydrogen (secondary N) is 1. The number of aromatic nitrogens is 2. The van der Waals surface area contributed by atoms with Gasteiger partial charge in [-0.15, -0.1) is 0 Å². The number of nitrogens with zero attached hydrogens (tertiary/aromatic N) is 1. The van der Waals surface area contributed by atoms with Crippen molar-refractivity contribution in [2.24, 2.45) is 5.73 Å². The van der Waals surface area contributed by atoms with Crippen LogP contribution in [0.15, 0.2) is 35.3 Å². The number of esters is 1. The van der Waals surface area contributed by atoms with Gasteiger partial charge in [0.2, 0.25) is 0 Å². The zero-order valence-corrected chi connectivity index (χ0v) is 12.9. The van der Waals surface area contributed by atoms with Gasteiger partial charge >= 0.3 is 5.97 Å². The summed E-state index contributed by atoms with van der Waals surface area (Å²) in [5, 5.41) is 0.414. The maximum Gasteiger partial charge on any atom is 0.323 e. The molecule has 0 bridgehead atoms. The summed E-state index contributed by atoms with van der Waals surface area (Å²) in [6.45, 7) is -0.0281. The average molecular weight is 342 g/mol. The largest absolute Gasteiger partial charge is 0.460 e. The molecule has 0 saturated carbocycles. The van der Waals surface area contributed by atoms with E-state index in [2.05, 4.69) is 9.97 Å². The maximum absolute atomic E-state index is 11.9. The van der Waals surface area contributed by atoms with E-state index < -0.39 is 12.0 Å². The number of hydrogen-bond acceptors (Lipinski definition) is 5.